The van der Waals surface area contributed by atoms with Crippen molar-refractivity contribution in [1.29, 1.82) is 0 Å². The van der Waals surface area contributed by atoms with Crippen molar-refractivity contribution >= 4 is 0 Å². The Kier molecular flexibility index (Phi) is 4.49. The monoisotopic (exact) mass is 263 g/mol. The van der Waals surface area contributed by atoms with E-state index in [2.05, 4.69) is 15.5 Å². The summed E-state index contributed by atoms with van der Waals surface area (Å²) in [7, 11) is 0. The Balaban J connectivity index is 1.58. The first kappa shape index (κ1) is 13.1. The van der Waals surface area contributed by atoms with Crippen molar-refractivity contribution in [2.45, 2.75) is 63.7 Å². The third-order valence-electron chi connectivity index (χ3n) is 4.57. The largest absolute Gasteiger partial charge is 0.339 e. The molecule has 1 saturated carbocycles. The molecule has 1 aromatic rings. The van der Waals surface area contributed by atoms with E-state index in [-0.39, 0.29) is 0 Å². The van der Waals surface area contributed by atoms with Crippen molar-refractivity contribution in [3.63, 3.8) is 0 Å². The number of nitrogens with zero attached hydrogens (tertiary/aromatic N) is 2. The highest BCUT2D eigenvalue weighted by Gasteiger charge is 2.22. The quantitative estimate of drug-likeness (QED) is 0.852. The summed E-state index contributed by atoms with van der Waals surface area (Å²) in [4.78, 5) is 4.66. The summed E-state index contributed by atoms with van der Waals surface area (Å²) in [5, 5.41) is 7.68. The van der Waals surface area contributed by atoms with Gasteiger partial charge in [-0.1, -0.05) is 30.8 Å². The summed E-state index contributed by atoms with van der Waals surface area (Å²) in [5.74, 6) is 3.05. The van der Waals surface area contributed by atoms with Crippen LogP contribution >= 0.6 is 0 Å². The van der Waals surface area contributed by atoms with Gasteiger partial charge in [-0.3, -0.25) is 0 Å². The maximum atomic E-state index is 5.47. The molecule has 0 unspecified atom stereocenters. The van der Waals surface area contributed by atoms with Crippen molar-refractivity contribution in [1.82, 2.24) is 15.5 Å². The Morgan fingerprint density at radius 2 is 1.89 bits per heavy atom. The first-order chi connectivity index (χ1) is 9.42. The average molecular weight is 263 g/mol. The standard InChI is InChI=1S/C15H25N3O/c1-2-4-8-13(7-3-1)15-17-14(19-18-15)10-12-6-5-9-16-11-12/h12-13,16H,1-11H2/t12-/m0/s1. The van der Waals surface area contributed by atoms with E-state index in [1.54, 1.807) is 0 Å². The minimum Gasteiger partial charge on any atom is -0.339 e. The van der Waals surface area contributed by atoms with Crippen LogP contribution in [0.25, 0.3) is 0 Å². The number of hydrogen-bond acceptors (Lipinski definition) is 4. The van der Waals surface area contributed by atoms with E-state index in [0.717, 1.165) is 31.2 Å². The lowest BCUT2D eigenvalue weighted by Crippen LogP contribution is -2.30. The number of aromatic nitrogens is 2. The molecule has 0 amide bonds. The Hall–Kier alpha value is -0.900. The summed E-state index contributed by atoms with van der Waals surface area (Å²) >= 11 is 0. The second kappa shape index (κ2) is 6.51. The van der Waals surface area contributed by atoms with Crippen molar-refractivity contribution in [3.05, 3.63) is 11.7 Å². The summed E-state index contributed by atoms with van der Waals surface area (Å²) in [6.45, 7) is 2.26. The summed E-state index contributed by atoms with van der Waals surface area (Å²) in [5.41, 5.74) is 0. The van der Waals surface area contributed by atoms with Gasteiger partial charge in [0.1, 0.15) is 0 Å². The summed E-state index contributed by atoms with van der Waals surface area (Å²) < 4.78 is 5.47. The van der Waals surface area contributed by atoms with Gasteiger partial charge in [0, 0.05) is 12.3 Å². The molecule has 1 atom stereocenters. The van der Waals surface area contributed by atoms with Gasteiger partial charge < -0.3 is 9.84 Å². The molecule has 1 saturated heterocycles. The van der Waals surface area contributed by atoms with Gasteiger partial charge in [0.2, 0.25) is 5.89 Å². The van der Waals surface area contributed by atoms with Crippen LogP contribution in [0.15, 0.2) is 4.52 Å². The van der Waals surface area contributed by atoms with E-state index in [0.29, 0.717) is 11.8 Å². The first-order valence-corrected chi connectivity index (χ1v) is 7.95. The molecule has 4 nitrogen and oxygen atoms in total. The molecule has 0 spiro atoms. The van der Waals surface area contributed by atoms with Crippen LogP contribution < -0.4 is 5.32 Å². The van der Waals surface area contributed by atoms with Crippen molar-refractivity contribution in [2.24, 2.45) is 5.92 Å². The van der Waals surface area contributed by atoms with Gasteiger partial charge in [-0.25, -0.2) is 0 Å². The van der Waals surface area contributed by atoms with Gasteiger partial charge >= 0.3 is 0 Å². The zero-order valence-electron chi connectivity index (χ0n) is 11.7. The molecule has 0 radical (unpaired) electrons. The Bertz CT molecular complexity index is 376. The number of nitrogens with one attached hydrogen (secondary N) is 1. The first-order valence-electron chi connectivity index (χ1n) is 7.95. The molecule has 19 heavy (non-hydrogen) atoms. The van der Waals surface area contributed by atoms with Crippen LogP contribution in [0.2, 0.25) is 0 Å². The highest BCUT2D eigenvalue weighted by atomic mass is 16.5. The van der Waals surface area contributed by atoms with Crippen LogP contribution in [0.1, 0.15) is 69.0 Å². The van der Waals surface area contributed by atoms with Gasteiger partial charge in [-0.15, -0.1) is 0 Å². The van der Waals surface area contributed by atoms with Crippen LogP contribution in [-0.2, 0) is 6.42 Å². The van der Waals surface area contributed by atoms with E-state index >= 15 is 0 Å². The third kappa shape index (κ3) is 3.56. The highest BCUT2D eigenvalue weighted by molar-refractivity contribution is 4.97. The van der Waals surface area contributed by atoms with E-state index in [1.807, 2.05) is 0 Å². The highest BCUT2D eigenvalue weighted by Crippen LogP contribution is 2.30. The minimum absolute atomic E-state index is 0.546. The molecule has 1 aliphatic carbocycles. The van der Waals surface area contributed by atoms with Crippen molar-refractivity contribution in [2.75, 3.05) is 13.1 Å². The molecule has 0 bridgehead atoms. The molecule has 0 aromatic carbocycles. The van der Waals surface area contributed by atoms with Crippen molar-refractivity contribution < 1.29 is 4.52 Å². The van der Waals surface area contributed by atoms with Crippen LogP contribution in [0.5, 0.6) is 0 Å². The molecule has 3 rings (SSSR count). The maximum Gasteiger partial charge on any atom is 0.226 e. The van der Waals surface area contributed by atoms with Crippen molar-refractivity contribution in [3.8, 4) is 0 Å². The molecule has 2 heterocycles. The lowest BCUT2D eigenvalue weighted by molar-refractivity contribution is 0.313. The number of hydrogen-bond donors (Lipinski definition) is 1. The van der Waals surface area contributed by atoms with Gasteiger partial charge in [-0.05, 0) is 44.7 Å². The van der Waals surface area contributed by atoms with Crippen LogP contribution in [0.3, 0.4) is 0 Å². The average Bonchev–Trinajstić information content (AvgIpc) is 2.74. The van der Waals surface area contributed by atoms with E-state index < -0.39 is 0 Å². The lowest BCUT2D eigenvalue weighted by Gasteiger charge is -2.20. The number of piperidine rings is 1. The van der Waals surface area contributed by atoms with Gasteiger partial charge in [-0.2, -0.15) is 4.98 Å². The van der Waals surface area contributed by atoms with Crippen LogP contribution in [0.4, 0.5) is 0 Å². The van der Waals surface area contributed by atoms with Gasteiger partial charge in [0.05, 0.1) is 0 Å². The maximum absolute atomic E-state index is 5.47. The number of rotatable bonds is 3. The fourth-order valence-electron chi connectivity index (χ4n) is 3.40. The summed E-state index contributed by atoms with van der Waals surface area (Å²) in [6, 6.07) is 0. The molecule has 2 aliphatic rings. The fraction of sp³-hybridized carbons (Fsp3) is 0.867. The SMILES string of the molecule is C1CCCC(c2noc(C[C@@H]3CCCNC3)n2)CC1. The smallest absolute Gasteiger partial charge is 0.226 e. The lowest BCUT2D eigenvalue weighted by atomic mass is 9.96. The predicted octanol–water partition coefficient (Wildman–Crippen LogP) is 3.05. The second-order valence-electron chi connectivity index (χ2n) is 6.15. The van der Waals surface area contributed by atoms with Gasteiger partial charge in [0.25, 0.3) is 0 Å². The topological polar surface area (TPSA) is 51.0 Å². The van der Waals surface area contributed by atoms with Gasteiger partial charge in [0.15, 0.2) is 5.82 Å². The molecule has 106 valence electrons. The predicted molar refractivity (Wildman–Crippen MR) is 74.0 cm³/mol. The molecule has 1 aromatic heterocycles. The Morgan fingerprint density at radius 1 is 1.05 bits per heavy atom. The molecule has 1 aliphatic heterocycles. The van der Waals surface area contributed by atoms with E-state index in [1.165, 1.54) is 51.4 Å². The normalized spacial score (nSPS) is 26.2. The van der Waals surface area contributed by atoms with E-state index in [9.17, 15) is 0 Å². The molecule has 1 N–H and O–H groups in total. The molecule has 4 heteroatoms. The second-order valence-corrected chi connectivity index (χ2v) is 6.15. The van der Waals surface area contributed by atoms with Crippen LogP contribution in [0, 0.1) is 5.92 Å². The Morgan fingerprint density at radius 3 is 2.63 bits per heavy atom. The molecular weight excluding hydrogens is 238 g/mol. The summed E-state index contributed by atoms with van der Waals surface area (Å²) in [6.07, 6.45) is 11.4. The van der Waals surface area contributed by atoms with E-state index in [4.69, 9.17) is 4.52 Å². The fourth-order valence-corrected chi connectivity index (χ4v) is 3.40. The zero-order valence-corrected chi connectivity index (χ0v) is 11.7. The molecule has 2 fully saturated rings. The Labute approximate surface area is 115 Å². The zero-order chi connectivity index (χ0) is 12.9. The van der Waals surface area contributed by atoms with Crippen LogP contribution in [-0.4, -0.2) is 23.2 Å². The minimum atomic E-state index is 0.546. The molecular formula is C15H25N3O. The third-order valence-corrected chi connectivity index (χ3v) is 4.57.